The number of benzene rings is 2. The number of Topliss-reactive ketones (excluding diaryl/α,β-unsaturated/α-hetero) is 1. The number of ketones is 1. The highest BCUT2D eigenvalue weighted by molar-refractivity contribution is 7.90. The van der Waals surface area contributed by atoms with Gasteiger partial charge in [0.25, 0.3) is 0 Å². The van der Waals surface area contributed by atoms with Gasteiger partial charge >= 0.3 is 6.09 Å². The van der Waals surface area contributed by atoms with Crippen LogP contribution in [0, 0.1) is 23.3 Å². The first-order valence-electron chi connectivity index (χ1n) is 15.3. The molecule has 2 heterocycles. The van der Waals surface area contributed by atoms with Gasteiger partial charge in [-0.3, -0.25) is 9.78 Å². The second kappa shape index (κ2) is 14.5. The molecule has 3 aromatic rings. The molecule has 1 saturated heterocycles. The van der Waals surface area contributed by atoms with Crippen LogP contribution in [0.2, 0.25) is 0 Å². The summed E-state index contributed by atoms with van der Waals surface area (Å²) in [4.78, 5) is 30.5. The number of aromatic nitrogens is 1. The van der Waals surface area contributed by atoms with E-state index in [1.807, 2.05) is 6.92 Å². The molecule has 1 aliphatic carbocycles. The van der Waals surface area contributed by atoms with E-state index in [1.54, 1.807) is 0 Å². The van der Waals surface area contributed by atoms with Gasteiger partial charge in [-0.05, 0) is 79.1 Å². The van der Waals surface area contributed by atoms with Gasteiger partial charge < -0.3 is 15.4 Å². The van der Waals surface area contributed by atoms with Crippen molar-refractivity contribution in [2.24, 2.45) is 0 Å². The van der Waals surface area contributed by atoms with E-state index in [2.05, 4.69) is 15.6 Å². The van der Waals surface area contributed by atoms with Crippen LogP contribution >= 0.6 is 0 Å². The monoisotopic (exact) mass is 676 g/mol. The second-order valence-electron chi connectivity index (χ2n) is 12.0. The normalized spacial score (nSPS) is 20.0. The van der Waals surface area contributed by atoms with Crippen LogP contribution in [0.4, 0.5) is 22.4 Å². The molecule has 9 nitrogen and oxygen atoms in total. The van der Waals surface area contributed by atoms with Crippen molar-refractivity contribution in [3.05, 3.63) is 100 Å². The smallest absolute Gasteiger partial charge is 0.407 e. The number of halogens is 4. The Hall–Kier alpha value is -3.88. The quantitative estimate of drug-likeness (QED) is 0.274. The maximum atomic E-state index is 15.4. The molecule has 2 fully saturated rings. The third-order valence-corrected chi connectivity index (χ3v) is 11.2. The van der Waals surface area contributed by atoms with Crippen LogP contribution in [0.15, 0.2) is 54.9 Å². The van der Waals surface area contributed by atoms with E-state index < -0.39 is 74.8 Å². The molecule has 4 atom stereocenters. The molecular weight excluding hydrogens is 640 g/mol. The van der Waals surface area contributed by atoms with Crippen molar-refractivity contribution in [3.8, 4) is 0 Å². The van der Waals surface area contributed by atoms with Crippen LogP contribution in [-0.2, 0) is 32.4 Å². The number of hydrogen-bond acceptors (Lipinski definition) is 7. The van der Waals surface area contributed by atoms with Gasteiger partial charge in [-0.1, -0.05) is 12.1 Å². The molecule has 1 aromatic heterocycles. The molecule has 1 saturated carbocycles. The number of piperazine rings is 1. The molecule has 47 heavy (non-hydrogen) atoms. The van der Waals surface area contributed by atoms with E-state index in [1.165, 1.54) is 22.6 Å². The summed E-state index contributed by atoms with van der Waals surface area (Å²) in [5, 5.41) is 5.29. The number of pyridine rings is 1. The summed E-state index contributed by atoms with van der Waals surface area (Å²) in [5.41, 5.74) is 0.600. The third kappa shape index (κ3) is 7.99. The van der Waals surface area contributed by atoms with E-state index in [0.717, 1.165) is 37.6 Å². The predicted octanol–water partition coefficient (Wildman–Crippen LogP) is 4.39. The Bertz CT molecular complexity index is 1700. The standard InChI is InChI=1S/C33H36F4N4O5S/c1-19-15-38-17-26(41(19)47(44,45)27-8-9-27)7-10-28-22(16-39-18-29(28)37)13-30(42)32(40-33(43)46-2)31(20-3-5-23(34)6-4-20)21-11-24(35)14-25(36)12-21/h3-6,11-12,14,16,18-19,26-27,31-32,38H,7-10,13,15,17H2,1-2H3,(H,40,43)/t19-,26-,31-,32+/m0/s1. The molecule has 0 spiro atoms. The number of carbonyl (C=O) groups excluding carboxylic acids is 2. The van der Waals surface area contributed by atoms with Crippen LogP contribution in [-0.4, -0.2) is 73.2 Å². The molecule has 1 aliphatic heterocycles. The van der Waals surface area contributed by atoms with Gasteiger partial charge in [0, 0.05) is 49.8 Å². The second-order valence-corrected chi connectivity index (χ2v) is 14.1. The Morgan fingerprint density at radius 3 is 2.32 bits per heavy atom. The van der Waals surface area contributed by atoms with Crippen LogP contribution in [0.5, 0.6) is 0 Å². The lowest BCUT2D eigenvalue weighted by Gasteiger charge is -2.40. The van der Waals surface area contributed by atoms with Gasteiger partial charge in [-0.15, -0.1) is 0 Å². The number of rotatable bonds is 12. The van der Waals surface area contributed by atoms with Gasteiger partial charge in [0.05, 0.1) is 18.6 Å². The number of hydrogen-bond donors (Lipinski definition) is 2. The molecule has 0 bridgehead atoms. The van der Waals surface area contributed by atoms with Crippen molar-refractivity contribution in [2.45, 2.75) is 68.3 Å². The molecular formula is C33H36F4N4O5S. The minimum atomic E-state index is -3.52. The van der Waals surface area contributed by atoms with Crippen molar-refractivity contribution in [2.75, 3.05) is 20.2 Å². The first-order chi connectivity index (χ1) is 22.4. The summed E-state index contributed by atoms with van der Waals surface area (Å²) < 4.78 is 90.9. The molecule has 0 radical (unpaired) electrons. The highest BCUT2D eigenvalue weighted by atomic mass is 32.2. The summed E-state index contributed by atoms with van der Waals surface area (Å²) in [6, 6.07) is 5.32. The molecule has 1 amide bonds. The van der Waals surface area contributed by atoms with E-state index in [-0.39, 0.29) is 41.1 Å². The SMILES string of the molecule is COC(=O)N[C@H](C(=O)Cc1cncc(F)c1CC[C@H]1CNC[C@H](C)N1S(=O)(=O)C1CC1)[C@@H](c1ccc(F)cc1)c1cc(F)cc(F)c1. The van der Waals surface area contributed by atoms with Crippen molar-refractivity contribution >= 4 is 21.9 Å². The number of alkyl carbamates (subject to hydrolysis) is 1. The van der Waals surface area contributed by atoms with E-state index in [4.69, 9.17) is 4.74 Å². The lowest BCUT2D eigenvalue weighted by Crippen LogP contribution is -2.59. The highest BCUT2D eigenvalue weighted by Gasteiger charge is 2.45. The van der Waals surface area contributed by atoms with Gasteiger partial charge in [0.2, 0.25) is 10.0 Å². The number of amides is 1. The average molecular weight is 677 g/mol. The molecule has 0 unspecified atom stereocenters. The average Bonchev–Trinajstić information content (AvgIpc) is 3.87. The summed E-state index contributed by atoms with van der Waals surface area (Å²) >= 11 is 0. The zero-order valence-electron chi connectivity index (χ0n) is 25.9. The largest absolute Gasteiger partial charge is 0.453 e. The lowest BCUT2D eigenvalue weighted by atomic mass is 9.81. The van der Waals surface area contributed by atoms with Crippen molar-refractivity contribution < 1.29 is 40.3 Å². The Morgan fingerprint density at radius 2 is 1.68 bits per heavy atom. The molecule has 252 valence electrons. The number of carbonyl (C=O) groups is 2. The molecule has 2 aliphatic rings. The highest BCUT2D eigenvalue weighted by Crippen LogP contribution is 2.35. The van der Waals surface area contributed by atoms with Crippen LogP contribution in [0.25, 0.3) is 0 Å². The van der Waals surface area contributed by atoms with E-state index >= 15 is 4.39 Å². The van der Waals surface area contributed by atoms with Crippen molar-refractivity contribution in [3.63, 3.8) is 0 Å². The van der Waals surface area contributed by atoms with Gasteiger partial charge in [0.1, 0.15) is 29.3 Å². The maximum Gasteiger partial charge on any atom is 0.407 e. The molecule has 5 rings (SSSR count). The minimum Gasteiger partial charge on any atom is -0.453 e. The van der Waals surface area contributed by atoms with Gasteiger partial charge in [-0.25, -0.2) is 30.8 Å². The topological polar surface area (TPSA) is 118 Å². The maximum absolute atomic E-state index is 15.4. The van der Waals surface area contributed by atoms with Crippen LogP contribution in [0.1, 0.15) is 54.4 Å². The van der Waals surface area contributed by atoms with E-state index in [0.29, 0.717) is 32.0 Å². The Morgan fingerprint density at radius 1 is 1.00 bits per heavy atom. The lowest BCUT2D eigenvalue weighted by molar-refractivity contribution is -0.120. The van der Waals surface area contributed by atoms with Crippen LogP contribution < -0.4 is 10.6 Å². The fraction of sp³-hybridized carbons (Fsp3) is 0.424. The third-order valence-electron chi connectivity index (χ3n) is 8.65. The summed E-state index contributed by atoms with van der Waals surface area (Å²) in [6.07, 6.45) is 2.42. The zero-order valence-corrected chi connectivity index (χ0v) is 26.7. The molecule has 14 heteroatoms. The first-order valence-corrected chi connectivity index (χ1v) is 16.8. The van der Waals surface area contributed by atoms with E-state index in [9.17, 15) is 31.2 Å². The summed E-state index contributed by atoms with van der Waals surface area (Å²) in [5.74, 6) is -5.02. The Labute approximate surface area is 270 Å². The molecule has 2 aromatic carbocycles. The van der Waals surface area contributed by atoms with Crippen molar-refractivity contribution in [1.82, 2.24) is 19.9 Å². The van der Waals surface area contributed by atoms with Crippen LogP contribution in [0.3, 0.4) is 0 Å². The zero-order chi connectivity index (χ0) is 33.9. The Balaban J connectivity index is 1.46. The number of methoxy groups -OCH3 is 1. The fourth-order valence-corrected chi connectivity index (χ4v) is 8.55. The number of sulfonamides is 1. The summed E-state index contributed by atoms with van der Waals surface area (Å²) in [7, 11) is -2.45. The van der Waals surface area contributed by atoms with Gasteiger partial charge in [0.15, 0.2) is 5.78 Å². The molecule has 2 N–H and O–H groups in total. The predicted molar refractivity (Wildman–Crippen MR) is 165 cm³/mol. The Kier molecular flexibility index (Phi) is 10.6. The van der Waals surface area contributed by atoms with Crippen molar-refractivity contribution in [1.29, 1.82) is 0 Å². The first kappa shape index (κ1) is 34.5. The fourth-order valence-electron chi connectivity index (χ4n) is 6.31. The summed E-state index contributed by atoms with van der Waals surface area (Å²) in [6.45, 7) is 2.70. The van der Waals surface area contributed by atoms with Gasteiger partial charge in [-0.2, -0.15) is 4.31 Å². The number of ether oxygens (including phenoxy) is 1. The minimum absolute atomic E-state index is 0.0164. The number of nitrogens with zero attached hydrogens (tertiary/aromatic N) is 2. The number of nitrogens with one attached hydrogen (secondary N) is 2.